The van der Waals surface area contributed by atoms with Crippen molar-refractivity contribution < 1.29 is 14.3 Å². The Morgan fingerprint density at radius 1 is 1.43 bits per heavy atom. The molecule has 1 aromatic rings. The maximum Gasteiger partial charge on any atom is 0.260 e. The summed E-state index contributed by atoms with van der Waals surface area (Å²) >= 11 is 6.14. The zero-order valence-corrected chi connectivity index (χ0v) is 13.4. The van der Waals surface area contributed by atoms with Gasteiger partial charge in [-0.3, -0.25) is 4.79 Å². The predicted molar refractivity (Wildman–Crippen MR) is 83.6 cm³/mol. The number of carbonyl (C=O) groups excluding carboxylic acids is 1. The molecule has 1 aromatic carbocycles. The standard InChI is InChI=1S/C15H23ClN2O3/c1-10(17)12-5-6-14(13(16)9-12)21-11(2)15(19)18-7-4-8-20-3/h5-6,9-11H,4,7-8,17H2,1-3H3,(H,18,19)/t10-,11?/m1/s1. The molecule has 0 radical (unpaired) electrons. The van der Waals surface area contributed by atoms with Crippen molar-refractivity contribution in [2.24, 2.45) is 5.73 Å². The van der Waals surface area contributed by atoms with Gasteiger partial charge in [-0.25, -0.2) is 0 Å². The molecule has 0 aliphatic heterocycles. The SMILES string of the molecule is COCCCNC(=O)C(C)Oc1ccc([C@@H](C)N)cc1Cl. The summed E-state index contributed by atoms with van der Waals surface area (Å²) in [7, 11) is 1.63. The molecule has 0 aromatic heterocycles. The molecule has 0 bridgehead atoms. The highest BCUT2D eigenvalue weighted by Crippen LogP contribution is 2.28. The minimum Gasteiger partial charge on any atom is -0.479 e. The maximum absolute atomic E-state index is 11.9. The Labute approximate surface area is 130 Å². The summed E-state index contributed by atoms with van der Waals surface area (Å²) in [4.78, 5) is 11.9. The maximum atomic E-state index is 11.9. The minimum atomic E-state index is -0.619. The number of ether oxygens (including phenoxy) is 2. The molecular formula is C15H23ClN2O3. The zero-order chi connectivity index (χ0) is 15.8. The Kier molecular flexibility index (Phi) is 7.50. The smallest absolute Gasteiger partial charge is 0.260 e. The van der Waals surface area contributed by atoms with Crippen LogP contribution in [0.15, 0.2) is 18.2 Å². The Bertz CT molecular complexity index is 466. The van der Waals surface area contributed by atoms with E-state index in [0.717, 1.165) is 12.0 Å². The minimum absolute atomic E-state index is 0.0990. The molecule has 21 heavy (non-hydrogen) atoms. The topological polar surface area (TPSA) is 73.6 Å². The van der Waals surface area contributed by atoms with E-state index in [9.17, 15) is 4.79 Å². The van der Waals surface area contributed by atoms with Gasteiger partial charge in [-0.1, -0.05) is 17.7 Å². The van der Waals surface area contributed by atoms with Crippen molar-refractivity contribution in [3.8, 4) is 5.75 Å². The molecule has 1 rings (SSSR count). The number of hydrogen-bond donors (Lipinski definition) is 2. The quantitative estimate of drug-likeness (QED) is 0.722. The third-order valence-electron chi connectivity index (χ3n) is 2.98. The number of nitrogens with two attached hydrogens (primary N) is 1. The van der Waals surface area contributed by atoms with Crippen LogP contribution in [0.2, 0.25) is 5.02 Å². The fraction of sp³-hybridized carbons (Fsp3) is 0.533. The van der Waals surface area contributed by atoms with Crippen LogP contribution in [0.3, 0.4) is 0 Å². The van der Waals surface area contributed by atoms with E-state index in [1.165, 1.54) is 0 Å². The molecule has 118 valence electrons. The van der Waals surface area contributed by atoms with Gasteiger partial charge in [0.25, 0.3) is 5.91 Å². The average molecular weight is 315 g/mol. The van der Waals surface area contributed by atoms with Crippen LogP contribution < -0.4 is 15.8 Å². The number of amides is 1. The Morgan fingerprint density at radius 3 is 2.71 bits per heavy atom. The van der Waals surface area contributed by atoms with Gasteiger partial charge in [-0.15, -0.1) is 0 Å². The van der Waals surface area contributed by atoms with E-state index in [4.69, 9.17) is 26.8 Å². The van der Waals surface area contributed by atoms with Crippen molar-refractivity contribution in [2.75, 3.05) is 20.3 Å². The van der Waals surface area contributed by atoms with Crippen LogP contribution in [0.25, 0.3) is 0 Å². The molecule has 0 heterocycles. The number of benzene rings is 1. The Balaban J connectivity index is 2.54. The molecular weight excluding hydrogens is 292 g/mol. The Morgan fingerprint density at radius 2 is 2.14 bits per heavy atom. The first-order valence-corrected chi connectivity index (χ1v) is 7.31. The molecule has 0 fully saturated rings. The second-order valence-corrected chi connectivity index (χ2v) is 5.28. The lowest BCUT2D eigenvalue weighted by molar-refractivity contribution is -0.127. The van der Waals surface area contributed by atoms with Crippen molar-refractivity contribution in [2.45, 2.75) is 32.4 Å². The van der Waals surface area contributed by atoms with Crippen molar-refractivity contribution in [1.82, 2.24) is 5.32 Å². The van der Waals surface area contributed by atoms with Crippen molar-refractivity contribution in [3.63, 3.8) is 0 Å². The van der Waals surface area contributed by atoms with E-state index >= 15 is 0 Å². The molecule has 0 saturated heterocycles. The summed E-state index contributed by atoms with van der Waals surface area (Å²) in [6, 6.07) is 5.23. The van der Waals surface area contributed by atoms with E-state index < -0.39 is 6.10 Å². The number of rotatable bonds is 8. The third-order valence-corrected chi connectivity index (χ3v) is 3.27. The predicted octanol–water partition coefficient (Wildman–Crippen LogP) is 2.28. The van der Waals surface area contributed by atoms with Crippen LogP contribution >= 0.6 is 11.6 Å². The molecule has 1 unspecified atom stereocenters. The van der Waals surface area contributed by atoms with Gasteiger partial charge < -0.3 is 20.5 Å². The molecule has 3 N–H and O–H groups in total. The molecule has 2 atom stereocenters. The zero-order valence-electron chi connectivity index (χ0n) is 12.7. The summed E-state index contributed by atoms with van der Waals surface area (Å²) < 4.78 is 10.5. The molecule has 0 aliphatic carbocycles. The lowest BCUT2D eigenvalue weighted by atomic mass is 10.1. The molecule has 0 saturated carbocycles. The van der Waals surface area contributed by atoms with E-state index in [1.54, 1.807) is 26.2 Å². The van der Waals surface area contributed by atoms with Crippen LogP contribution in [0.1, 0.15) is 31.9 Å². The second-order valence-electron chi connectivity index (χ2n) is 4.88. The summed E-state index contributed by atoms with van der Waals surface area (Å²) in [5.41, 5.74) is 6.71. The van der Waals surface area contributed by atoms with Gasteiger partial charge in [-0.05, 0) is 38.0 Å². The highest BCUT2D eigenvalue weighted by Gasteiger charge is 2.16. The van der Waals surface area contributed by atoms with Crippen LogP contribution in [0.4, 0.5) is 0 Å². The van der Waals surface area contributed by atoms with E-state index in [0.29, 0.717) is 23.9 Å². The van der Waals surface area contributed by atoms with Crippen LogP contribution in [-0.2, 0) is 9.53 Å². The molecule has 0 spiro atoms. The van der Waals surface area contributed by atoms with E-state index in [1.807, 2.05) is 13.0 Å². The summed E-state index contributed by atoms with van der Waals surface area (Å²) in [5, 5.41) is 3.23. The van der Waals surface area contributed by atoms with Crippen LogP contribution in [0.5, 0.6) is 5.75 Å². The van der Waals surface area contributed by atoms with Gasteiger partial charge in [0.1, 0.15) is 5.75 Å². The first kappa shape index (κ1) is 17.8. The summed E-state index contributed by atoms with van der Waals surface area (Å²) in [5.74, 6) is 0.291. The second kappa shape index (κ2) is 8.87. The average Bonchev–Trinajstić information content (AvgIpc) is 2.45. The largest absolute Gasteiger partial charge is 0.479 e. The summed E-state index contributed by atoms with van der Waals surface area (Å²) in [6.45, 7) is 4.72. The van der Waals surface area contributed by atoms with Crippen LogP contribution in [-0.4, -0.2) is 32.3 Å². The molecule has 5 nitrogen and oxygen atoms in total. The van der Waals surface area contributed by atoms with Crippen molar-refractivity contribution in [3.05, 3.63) is 28.8 Å². The normalized spacial score (nSPS) is 13.6. The number of hydrogen-bond acceptors (Lipinski definition) is 4. The Hall–Kier alpha value is -1.30. The third kappa shape index (κ3) is 5.91. The highest BCUT2D eigenvalue weighted by atomic mass is 35.5. The molecule has 1 amide bonds. The van der Waals surface area contributed by atoms with Gasteiger partial charge in [0.05, 0.1) is 5.02 Å². The van der Waals surface area contributed by atoms with Crippen LogP contribution in [0, 0.1) is 0 Å². The number of halogens is 1. The molecule has 0 aliphatic rings. The first-order valence-electron chi connectivity index (χ1n) is 6.94. The summed E-state index contributed by atoms with van der Waals surface area (Å²) in [6.07, 6.45) is 0.143. The van der Waals surface area contributed by atoms with Gasteiger partial charge in [-0.2, -0.15) is 0 Å². The van der Waals surface area contributed by atoms with Gasteiger partial charge in [0.2, 0.25) is 0 Å². The first-order chi connectivity index (χ1) is 9.95. The number of methoxy groups -OCH3 is 1. The number of nitrogens with one attached hydrogen (secondary N) is 1. The lowest BCUT2D eigenvalue weighted by Gasteiger charge is -2.16. The van der Waals surface area contributed by atoms with Crippen molar-refractivity contribution in [1.29, 1.82) is 0 Å². The van der Waals surface area contributed by atoms with Crippen molar-refractivity contribution >= 4 is 17.5 Å². The van der Waals surface area contributed by atoms with E-state index in [2.05, 4.69) is 5.32 Å². The lowest BCUT2D eigenvalue weighted by Crippen LogP contribution is -2.37. The highest BCUT2D eigenvalue weighted by molar-refractivity contribution is 6.32. The molecule has 6 heteroatoms. The van der Waals surface area contributed by atoms with Gasteiger partial charge in [0, 0.05) is 26.3 Å². The van der Waals surface area contributed by atoms with Gasteiger partial charge in [0.15, 0.2) is 6.10 Å². The fourth-order valence-corrected chi connectivity index (χ4v) is 1.95. The fourth-order valence-electron chi connectivity index (χ4n) is 1.71. The number of carbonyl (C=O) groups is 1. The van der Waals surface area contributed by atoms with Gasteiger partial charge >= 0.3 is 0 Å². The monoisotopic (exact) mass is 314 g/mol. The van der Waals surface area contributed by atoms with E-state index in [-0.39, 0.29) is 11.9 Å².